The highest BCUT2D eigenvalue weighted by molar-refractivity contribution is 5.91. The van der Waals surface area contributed by atoms with Crippen LogP contribution in [0.15, 0.2) is 53.1 Å². The van der Waals surface area contributed by atoms with Crippen LogP contribution in [0.2, 0.25) is 0 Å². The molecule has 0 atom stereocenters. The highest BCUT2D eigenvalue weighted by Crippen LogP contribution is 2.46. The van der Waals surface area contributed by atoms with Crippen LogP contribution >= 0.6 is 0 Å². The number of nitrogens with zero attached hydrogens (tertiary/aromatic N) is 2. The molecular weight excluding hydrogens is 382 g/mol. The van der Waals surface area contributed by atoms with Crippen LogP contribution in [0.5, 0.6) is 11.5 Å². The Morgan fingerprint density at radius 3 is 2.63 bits per heavy atom. The zero-order valence-electron chi connectivity index (χ0n) is 16.6. The van der Waals surface area contributed by atoms with Gasteiger partial charge in [-0.3, -0.25) is 4.79 Å². The predicted octanol–water partition coefficient (Wildman–Crippen LogP) is 4.74. The van der Waals surface area contributed by atoms with Crippen molar-refractivity contribution in [1.29, 1.82) is 0 Å². The van der Waals surface area contributed by atoms with Crippen molar-refractivity contribution in [2.75, 3.05) is 5.32 Å². The molecule has 2 aliphatic rings. The van der Waals surface area contributed by atoms with E-state index in [1.807, 2.05) is 48.5 Å². The van der Waals surface area contributed by atoms with Gasteiger partial charge >= 0.3 is 0 Å². The molecule has 3 aromatic rings. The van der Waals surface area contributed by atoms with Gasteiger partial charge in [-0.1, -0.05) is 41.9 Å². The minimum Gasteiger partial charge on any atom is -0.448 e. The van der Waals surface area contributed by atoms with Gasteiger partial charge < -0.3 is 19.3 Å². The first-order valence-corrected chi connectivity index (χ1v) is 10.4. The van der Waals surface area contributed by atoms with Crippen LogP contribution in [-0.4, -0.2) is 21.8 Å². The number of hydrogen-bond acceptors (Lipinski definition) is 6. The van der Waals surface area contributed by atoms with Crippen molar-refractivity contribution in [2.24, 2.45) is 0 Å². The van der Waals surface area contributed by atoms with E-state index in [9.17, 15) is 4.79 Å². The molecule has 0 unspecified atom stereocenters. The number of carbonyl (C=O) groups is 1. The number of aryl methyl sites for hydroxylation is 1. The van der Waals surface area contributed by atoms with Crippen molar-refractivity contribution in [1.82, 2.24) is 10.1 Å². The largest absolute Gasteiger partial charge is 0.448 e. The molecule has 1 aliphatic carbocycles. The third kappa shape index (κ3) is 3.87. The summed E-state index contributed by atoms with van der Waals surface area (Å²) in [6, 6.07) is 15.1. The molecule has 30 heavy (non-hydrogen) atoms. The van der Waals surface area contributed by atoms with Crippen LogP contribution in [0.3, 0.4) is 0 Å². The number of aromatic nitrogens is 2. The fraction of sp³-hybridized carbons (Fsp3) is 0.348. The van der Waals surface area contributed by atoms with E-state index >= 15 is 0 Å². The van der Waals surface area contributed by atoms with Gasteiger partial charge in [0, 0.05) is 43.0 Å². The standard InChI is InChI=1S/C23H23N3O4/c27-20(11-12-21-25-22(26-30-21)16-7-3-1-4-8-16)24-17-9-10-18-19(15-17)29-23(28-18)13-5-2-6-14-23/h1,3-4,7-10,15H,2,5-6,11-14H2,(H,24,27). The van der Waals surface area contributed by atoms with E-state index in [0.717, 1.165) is 37.0 Å². The predicted molar refractivity (Wildman–Crippen MR) is 110 cm³/mol. The molecule has 5 rings (SSSR count). The lowest BCUT2D eigenvalue weighted by atomic mass is 9.94. The number of fused-ring (bicyclic) bond motifs is 1. The third-order valence-corrected chi connectivity index (χ3v) is 5.50. The monoisotopic (exact) mass is 405 g/mol. The van der Waals surface area contributed by atoms with E-state index in [-0.39, 0.29) is 12.3 Å². The average Bonchev–Trinajstić information content (AvgIpc) is 3.38. The maximum atomic E-state index is 12.4. The molecule has 2 heterocycles. The molecule has 7 heteroatoms. The highest BCUT2D eigenvalue weighted by atomic mass is 16.7. The maximum Gasteiger partial charge on any atom is 0.251 e. The van der Waals surface area contributed by atoms with Crippen LogP contribution in [0.1, 0.15) is 44.4 Å². The van der Waals surface area contributed by atoms with Gasteiger partial charge in [-0.2, -0.15) is 4.98 Å². The number of hydrogen-bond donors (Lipinski definition) is 1. The van der Waals surface area contributed by atoms with Crippen molar-refractivity contribution in [2.45, 2.75) is 50.7 Å². The molecule has 0 saturated heterocycles. The number of rotatable bonds is 5. The van der Waals surface area contributed by atoms with Crippen molar-refractivity contribution in [3.8, 4) is 22.9 Å². The molecule has 2 aromatic carbocycles. The minimum atomic E-state index is -0.516. The summed E-state index contributed by atoms with van der Waals surface area (Å²) in [7, 11) is 0. The van der Waals surface area contributed by atoms with Gasteiger partial charge in [0.15, 0.2) is 11.5 Å². The summed E-state index contributed by atoms with van der Waals surface area (Å²) in [4.78, 5) is 16.7. The first-order valence-electron chi connectivity index (χ1n) is 10.4. The number of nitrogens with one attached hydrogen (secondary N) is 1. The van der Waals surface area contributed by atoms with Gasteiger partial charge in [0.05, 0.1) is 0 Å². The Morgan fingerprint density at radius 2 is 1.80 bits per heavy atom. The van der Waals surface area contributed by atoms with Crippen LogP contribution in [0, 0.1) is 0 Å². The number of benzene rings is 2. The van der Waals surface area contributed by atoms with Crippen LogP contribution in [0.4, 0.5) is 5.69 Å². The summed E-state index contributed by atoms with van der Waals surface area (Å²) < 4.78 is 17.5. The first-order chi connectivity index (χ1) is 14.7. The Morgan fingerprint density at radius 1 is 1.00 bits per heavy atom. The fourth-order valence-corrected chi connectivity index (χ4v) is 3.97. The van der Waals surface area contributed by atoms with Gasteiger partial charge in [-0.05, 0) is 25.0 Å². The summed E-state index contributed by atoms with van der Waals surface area (Å²) in [5.41, 5.74) is 1.57. The van der Waals surface area contributed by atoms with E-state index in [1.54, 1.807) is 0 Å². The zero-order valence-corrected chi connectivity index (χ0v) is 16.6. The number of anilines is 1. The Balaban J connectivity index is 1.17. The Labute approximate surface area is 174 Å². The van der Waals surface area contributed by atoms with E-state index in [1.165, 1.54) is 6.42 Å². The first kappa shape index (κ1) is 18.7. The van der Waals surface area contributed by atoms with Gasteiger partial charge in [-0.25, -0.2) is 0 Å². The Bertz CT molecular complexity index is 1040. The van der Waals surface area contributed by atoms with Gasteiger partial charge in [-0.15, -0.1) is 0 Å². The second kappa shape index (κ2) is 7.82. The molecule has 0 radical (unpaired) electrons. The highest BCUT2D eigenvalue weighted by Gasteiger charge is 2.42. The maximum absolute atomic E-state index is 12.4. The Hall–Kier alpha value is -3.35. The summed E-state index contributed by atoms with van der Waals surface area (Å²) in [5, 5.41) is 6.89. The summed E-state index contributed by atoms with van der Waals surface area (Å²) in [6.45, 7) is 0. The fourth-order valence-electron chi connectivity index (χ4n) is 3.97. The Kier molecular flexibility index (Phi) is 4.86. The van der Waals surface area contributed by atoms with Crippen LogP contribution < -0.4 is 14.8 Å². The van der Waals surface area contributed by atoms with Crippen molar-refractivity contribution in [3.63, 3.8) is 0 Å². The average molecular weight is 405 g/mol. The second-order valence-electron chi connectivity index (χ2n) is 7.76. The van der Waals surface area contributed by atoms with E-state index in [0.29, 0.717) is 29.6 Å². The number of amides is 1. The van der Waals surface area contributed by atoms with Gasteiger partial charge in [0.25, 0.3) is 5.79 Å². The molecule has 1 aliphatic heterocycles. The summed E-state index contributed by atoms with van der Waals surface area (Å²) in [6.07, 6.45) is 5.86. The topological polar surface area (TPSA) is 86.5 Å². The van der Waals surface area contributed by atoms with Crippen molar-refractivity contribution in [3.05, 3.63) is 54.4 Å². The molecule has 0 bridgehead atoms. The molecule has 1 amide bonds. The van der Waals surface area contributed by atoms with Crippen molar-refractivity contribution < 1.29 is 18.8 Å². The molecule has 1 N–H and O–H groups in total. The number of ether oxygens (including phenoxy) is 2. The zero-order chi connectivity index (χ0) is 20.4. The SMILES string of the molecule is O=C(CCc1nc(-c2ccccc2)no1)Nc1ccc2c(c1)OC1(CCCCC1)O2. The smallest absolute Gasteiger partial charge is 0.251 e. The van der Waals surface area contributed by atoms with Crippen molar-refractivity contribution >= 4 is 11.6 Å². The summed E-state index contributed by atoms with van der Waals surface area (Å²) >= 11 is 0. The lowest BCUT2D eigenvalue weighted by molar-refractivity contribution is -0.116. The lowest BCUT2D eigenvalue weighted by Crippen LogP contribution is -2.40. The normalized spacial score (nSPS) is 16.5. The van der Waals surface area contributed by atoms with E-state index < -0.39 is 5.79 Å². The molecule has 1 saturated carbocycles. The lowest BCUT2D eigenvalue weighted by Gasteiger charge is -2.31. The second-order valence-corrected chi connectivity index (χ2v) is 7.76. The summed E-state index contributed by atoms with van der Waals surface area (Å²) in [5.74, 6) is 1.76. The molecule has 1 spiro atoms. The van der Waals surface area contributed by atoms with Crippen LogP contribution in [0.25, 0.3) is 11.4 Å². The van der Waals surface area contributed by atoms with Gasteiger partial charge in [0.2, 0.25) is 17.6 Å². The van der Waals surface area contributed by atoms with Gasteiger partial charge in [0.1, 0.15) is 0 Å². The number of carbonyl (C=O) groups excluding carboxylic acids is 1. The molecular formula is C23H23N3O4. The molecule has 1 aromatic heterocycles. The van der Waals surface area contributed by atoms with Crippen LogP contribution in [-0.2, 0) is 11.2 Å². The molecule has 7 nitrogen and oxygen atoms in total. The third-order valence-electron chi connectivity index (χ3n) is 5.50. The molecule has 154 valence electrons. The quantitative estimate of drug-likeness (QED) is 0.660. The minimum absolute atomic E-state index is 0.124. The molecule has 1 fully saturated rings. The van der Waals surface area contributed by atoms with E-state index in [2.05, 4.69) is 15.5 Å². The van der Waals surface area contributed by atoms with E-state index in [4.69, 9.17) is 14.0 Å².